The van der Waals surface area contributed by atoms with Crippen LogP contribution >= 0.6 is 0 Å². The van der Waals surface area contributed by atoms with Crippen LogP contribution in [0.25, 0.3) is 0 Å². The van der Waals surface area contributed by atoms with E-state index in [2.05, 4.69) is 9.84 Å². The molecule has 1 rings (SSSR count). The highest BCUT2D eigenvalue weighted by Gasteiger charge is 2.29. The maximum absolute atomic E-state index is 11.5. The molecule has 0 spiro atoms. The first-order chi connectivity index (χ1) is 7.52. The van der Waals surface area contributed by atoms with Crippen LogP contribution < -0.4 is 0 Å². The Hall–Kier alpha value is -1.92. The molecule has 0 amide bonds. The Bertz CT molecular complexity index is 413. The van der Waals surface area contributed by atoms with E-state index in [4.69, 9.17) is 0 Å². The number of ether oxygens (including phenoxy) is 1. The van der Waals surface area contributed by atoms with Crippen LogP contribution in [0.15, 0.2) is 6.20 Å². The molecule has 0 aliphatic carbocycles. The third-order valence-corrected chi connectivity index (χ3v) is 2.36. The van der Waals surface area contributed by atoms with E-state index >= 15 is 0 Å². The van der Waals surface area contributed by atoms with Crippen LogP contribution in [0.5, 0.6) is 0 Å². The molecule has 88 valence electrons. The number of esters is 1. The van der Waals surface area contributed by atoms with Crippen molar-refractivity contribution < 1.29 is 14.5 Å². The van der Waals surface area contributed by atoms with Crippen LogP contribution in [0.2, 0.25) is 0 Å². The number of hydrogen-bond donors (Lipinski definition) is 0. The predicted molar refractivity (Wildman–Crippen MR) is 55.2 cm³/mol. The van der Waals surface area contributed by atoms with Crippen molar-refractivity contribution >= 4 is 11.7 Å². The molecule has 0 aromatic carbocycles. The van der Waals surface area contributed by atoms with E-state index in [-0.39, 0.29) is 17.4 Å². The summed E-state index contributed by atoms with van der Waals surface area (Å²) in [6, 6.07) is -0.0946. The second-order valence-electron chi connectivity index (χ2n) is 3.33. The Labute approximate surface area is 92.2 Å². The zero-order valence-corrected chi connectivity index (χ0v) is 9.34. The molecule has 0 N–H and O–H groups in total. The van der Waals surface area contributed by atoms with Gasteiger partial charge in [-0.1, -0.05) is 6.92 Å². The second kappa shape index (κ2) is 4.73. The quantitative estimate of drug-likeness (QED) is 0.442. The lowest BCUT2D eigenvalue weighted by Crippen LogP contribution is -2.16. The third kappa shape index (κ3) is 2.02. The average molecular weight is 227 g/mol. The summed E-state index contributed by atoms with van der Waals surface area (Å²) in [7, 11) is 1.18. The lowest BCUT2D eigenvalue weighted by atomic mass is 10.2. The Morgan fingerprint density at radius 2 is 2.38 bits per heavy atom. The van der Waals surface area contributed by atoms with Gasteiger partial charge in [0.1, 0.15) is 6.20 Å². The lowest BCUT2D eigenvalue weighted by molar-refractivity contribution is -0.385. The number of carbonyl (C=O) groups excluding carboxylic acids is 1. The van der Waals surface area contributed by atoms with E-state index in [9.17, 15) is 14.9 Å². The molecular weight excluding hydrogens is 214 g/mol. The molecular formula is C9H13N3O4. The molecule has 0 aliphatic heterocycles. The molecule has 1 aromatic heterocycles. The van der Waals surface area contributed by atoms with E-state index < -0.39 is 10.9 Å². The first kappa shape index (κ1) is 12.2. The number of nitrogens with zero attached hydrogens (tertiary/aromatic N) is 3. The fraction of sp³-hybridized carbons (Fsp3) is 0.556. The largest absolute Gasteiger partial charge is 0.464 e. The zero-order valence-electron chi connectivity index (χ0n) is 9.34. The summed E-state index contributed by atoms with van der Waals surface area (Å²) in [5, 5.41) is 14.6. The smallest absolute Gasteiger partial charge is 0.363 e. The van der Waals surface area contributed by atoms with E-state index in [0.29, 0.717) is 6.42 Å². The van der Waals surface area contributed by atoms with Gasteiger partial charge in [-0.2, -0.15) is 5.10 Å². The minimum absolute atomic E-state index is 0.0946. The van der Waals surface area contributed by atoms with Gasteiger partial charge in [-0.05, 0) is 13.3 Å². The fourth-order valence-electron chi connectivity index (χ4n) is 1.29. The number of rotatable bonds is 4. The van der Waals surface area contributed by atoms with Crippen LogP contribution in [0.1, 0.15) is 36.8 Å². The Balaban J connectivity index is 3.30. The highest BCUT2D eigenvalue weighted by Crippen LogP contribution is 2.23. The Kier molecular flexibility index (Phi) is 3.60. The zero-order chi connectivity index (χ0) is 12.3. The summed E-state index contributed by atoms with van der Waals surface area (Å²) in [6.07, 6.45) is 1.78. The first-order valence-corrected chi connectivity index (χ1v) is 4.83. The molecule has 1 unspecified atom stereocenters. The molecule has 0 bridgehead atoms. The predicted octanol–water partition coefficient (Wildman–Crippen LogP) is 1.55. The normalized spacial score (nSPS) is 12.2. The Morgan fingerprint density at radius 3 is 2.81 bits per heavy atom. The van der Waals surface area contributed by atoms with Crippen LogP contribution in [0.4, 0.5) is 5.69 Å². The van der Waals surface area contributed by atoms with Crippen molar-refractivity contribution in [2.75, 3.05) is 7.11 Å². The maximum Gasteiger partial charge on any atom is 0.363 e. The summed E-state index contributed by atoms with van der Waals surface area (Å²) >= 11 is 0. The summed E-state index contributed by atoms with van der Waals surface area (Å²) in [5.74, 6) is -0.746. The highest BCUT2D eigenvalue weighted by molar-refractivity contribution is 5.91. The minimum atomic E-state index is -0.746. The van der Waals surface area contributed by atoms with Gasteiger partial charge in [0.25, 0.3) is 0 Å². The number of carbonyl (C=O) groups is 1. The van der Waals surface area contributed by atoms with Gasteiger partial charge in [-0.15, -0.1) is 0 Å². The number of hydrogen-bond acceptors (Lipinski definition) is 5. The molecule has 0 aliphatic rings. The molecule has 7 heteroatoms. The maximum atomic E-state index is 11.5. The summed E-state index contributed by atoms with van der Waals surface area (Å²) in [5.41, 5.74) is -0.436. The van der Waals surface area contributed by atoms with Gasteiger partial charge in [0.15, 0.2) is 0 Å². The molecule has 0 fully saturated rings. The van der Waals surface area contributed by atoms with E-state index in [1.54, 1.807) is 0 Å². The fourth-order valence-corrected chi connectivity index (χ4v) is 1.29. The SMILES string of the molecule is CCC(C)n1ncc([N+](=O)[O-])c1C(=O)OC. The van der Waals surface area contributed by atoms with Crippen molar-refractivity contribution in [3.63, 3.8) is 0 Å². The standard InChI is InChI=1S/C9H13N3O4/c1-4-6(2)11-8(9(13)16-3)7(5-10-11)12(14)15/h5-6H,4H2,1-3H3. The number of aromatic nitrogens is 2. The van der Waals surface area contributed by atoms with Crippen molar-refractivity contribution in [1.29, 1.82) is 0 Å². The Morgan fingerprint density at radius 1 is 1.75 bits per heavy atom. The minimum Gasteiger partial charge on any atom is -0.464 e. The monoisotopic (exact) mass is 227 g/mol. The van der Waals surface area contributed by atoms with Crippen LogP contribution in [0, 0.1) is 10.1 Å². The third-order valence-electron chi connectivity index (χ3n) is 2.36. The molecule has 7 nitrogen and oxygen atoms in total. The van der Waals surface area contributed by atoms with Gasteiger partial charge >= 0.3 is 11.7 Å². The van der Waals surface area contributed by atoms with Gasteiger partial charge in [0.05, 0.1) is 18.1 Å². The second-order valence-corrected chi connectivity index (χ2v) is 3.33. The van der Waals surface area contributed by atoms with Crippen LogP contribution in [-0.2, 0) is 4.74 Å². The van der Waals surface area contributed by atoms with Crippen molar-refractivity contribution in [3.8, 4) is 0 Å². The molecule has 1 atom stereocenters. The number of methoxy groups -OCH3 is 1. The van der Waals surface area contributed by atoms with E-state index in [1.807, 2.05) is 13.8 Å². The van der Waals surface area contributed by atoms with Crippen molar-refractivity contribution in [3.05, 3.63) is 22.0 Å². The van der Waals surface area contributed by atoms with Gasteiger partial charge in [-0.3, -0.25) is 10.1 Å². The first-order valence-electron chi connectivity index (χ1n) is 4.83. The van der Waals surface area contributed by atoms with Crippen molar-refractivity contribution in [2.45, 2.75) is 26.3 Å². The van der Waals surface area contributed by atoms with Gasteiger partial charge in [0, 0.05) is 0 Å². The van der Waals surface area contributed by atoms with E-state index in [0.717, 1.165) is 6.20 Å². The topological polar surface area (TPSA) is 87.3 Å². The van der Waals surface area contributed by atoms with Crippen molar-refractivity contribution in [2.24, 2.45) is 0 Å². The van der Waals surface area contributed by atoms with Crippen LogP contribution in [-0.4, -0.2) is 27.8 Å². The molecule has 1 aromatic rings. The van der Waals surface area contributed by atoms with Gasteiger partial charge in [0.2, 0.25) is 5.69 Å². The van der Waals surface area contributed by atoms with Gasteiger partial charge in [-0.25, -0.2) is 9.48 Å². The summed E-state index contributed by atoms with van der Waals surface area (Å²) in [4.78, 5) is 21.5. The van der Waals surface area contributed by atoms with Crippen molar-refractivity contribution in [1.82, 2.24) is 9.78 Å². The summed E-state index contributed by atoms with van der Waals surface area (Å²) in [6.45, 7) is 3.72. The van der Waals surface area contributed by atoms with E-state index in [1.165, 1.54) is 11.8 Å². The summed E-state index contributed by atoms with van der Waals surface area (Å²) < 4.78 is 5.84. The molecule has 1 heterocycles. The molecule has 16 heavy (non-hydrogen) atoms. The van der Waals surface area contributed by atoms with Gasteiger partial charge < -0.3 is 4.74 Å². The van der Waals surface area contributed by atoms with Crippen LogP contribution in [0.3, 0.4) is 0 Å². The molecule has 0 saturated carbocycles. The average Bonchev–Trinajstić information content (AvgIpc) is 2.71. The lowest BCUT2D eigenvalue weighted by Gasteiger charge is -2.11. The number of nitro groups is 1. The molecule has 0 radical (unpaired) electrons. The molecule has 0 saturated heterocycles. The highest BCUT2D eigenvalue weighted by atomic mass is 16.6.